The Morgan fingerprint density at radius 1 is 1.26 bits per heavy atom. The van der Waals surface area contributed by atoms with Gasteiger partial charge in [0, 0.05) is 24.7 Å². The first-order valence-corrected chi connectivity index (χ1v) is 8.79. The Balaban J connectivity index is 1.98. The molecule has 0 bridgehead atoms. The molecule has 0 amide bonds. The molecule has 1 aliphatic rings. The van der Waals surface area contributed by atoms with Gasteiger partial charge in [0.1, 0.15) is 6.04 Å². The van der Waals surface area contributed by atoms with E-state index in [2.05, 4.69) is 11.5 Å². The van der Waals surface area contributed by atoms with E-state index >= 15 is 0 Å². The highest BCUT2D eigenvalue weighted by Gasteiger charge is 2.44. The highest BCUT2D eigenvalue weighted by atomic mass is 16.6. The van der Waals surface area contributed by atoms with Gasteiger partial charge < -0.3 is 4.74 Å². The number of likely N-dealkylation sites (tertiary alicyclic amines) is 1. The minimum atomic E-state index is -0.414. The number of ether oxygens (including phenoxy) is 1. The van der Waals surface area contributed by atoms with E-state index in [9.17, 15) is 14.9 Å². The van der Waals surface area contributed by atoms with Crippen molar-refractivity contribution in [1.82, 2.24) is 4.90 Å². The fourth-order valence-corrected chi connectivity index (χ4v) is 3.79. The number of nitro groups is 1. The number of non-ortho nitro benzene ring substituents is 1. The molecule has 140 valence electrons. The quantitative estimate of drug-likeness (QED) is 0.336. The van der Waals surface area contributed by atoms with E-state index in [1.54, 1.807) is 12.1 Å². The van der Waals surface area contributed by atoms with Crippen LogP contribution in [0.15, 0.2) is 67.3 Å². The van der Waals surface area contributed by atoms with Gasteiger partial charge in [-0.3, -0.25) is 19.8 Å². The highest BCUT2D eigenvalue weighted by molar-refractivity contribution is 5.76. The third-order valence-electron chi connectivity index (χ3n) is 5.09. The van der Waals surface area contributed by atoms with E-state index in [1.165, 1.54) is 19.2 Å². The van der Waals surface area contributed by atoms with Crippen LogP contribution in [0.1, 0.15) is 23.6 Å². The van der Waals surface area contributed by atoms with Crippen molar-refractivity contribution in [1.29, 1.82) is 0 Å². The Hall–Kier alpha value is -2.99. The first-order valence-electron chi connectivity index (χ1n) is 8.79. The molecule has 1 heterocycles. The van der Waals surface area contributed by atoms with Crippen molar-refractivity contribution in [2.75, 3.05) is 7.11 Å². The van der Waals surface area contributed by atoms with Crippen LogP contribution in [0.2, 0.25) is 0 Å². The molecular weight excluding hydrogens is 344 g/mol. The van der Waals surface area contributed by atoms with Gasteiger partial charge in [-0.15, -0.1) is 6.58 Å². The molecule has 3 rings (SSSR count). The maximum Gasteiger partial charge on any atom is 0.323 e. The lowest BCUT2D eigenvalue weighted by Crippen LogP contribution is -2.37. The fourth-order valence-electron chi connectivity index (χ4n) is 3.79. The maximum absolute atomic E-state index is 12.4. The number of carbonyl (C=O) groups excluding carboxylic acids is 1. The third kappa shape index (κ3) is 3.90. The van der Waals surface area contributed by atoms with Gasteiger partial charge in [-0.1, -0.05) is 48.5 Å². The van der Waals surface area contributed by atoms with Gasteiger partial charge in [0.25, 0.3) is 5.69 Å². The molecule has 0 N–H and O–H groups in total. The summed E-state index contributed by atoms with van der Waals surface area (Å²) < 4.78 is 5.03. The first-order chi connectivity index (χ1) is 13.0. The van der Waals surface area contributed by atoms with Crippen LogP contribution in [0.4, 0.5) is 5.69 Å². The zero-order valence-corrected chi connectivity index (χ0v) is 15.2. The smallest absolute Gasteiger partial charge is 0.323 e. The van der Waals surface area contributed by atoms with Crippen LogP contribution < -0.4 is 0 Å². The summed E-state index contributed by atoms with van der Waals surface area (Å²) in [5.41, 5.74) is 2.06. The summed E-state index contributed by atoms with van der Waals surface area (Å²) in [6.45, 7) is 4.51. The Kier molecular flexibility index (Phi) is 5.66. The fraction of sp³-hybridized carbons (Fsp3) is 0.286. The normalized spacial score (nSPS) is 22.3. The summed E-state index contributed by atoms with van der Waals surface area (Å²) in [5.74, 6) is -0.235. The second kappa shape index (κ2) is 8.14. The van der Waals surface area contributed by atoms with Crippen LogP contribution in [0.3, 0.4) is 0 Å². The zero-order chi connectivity index (χ0) is 19.4. The van der Waals surface area contributed by atoms with Crippen LogP contribution in [0, 0.1) is 16.0 Å². The molecule has 1 aliphatic heterocycles. The van der Waals surface area contributed by atoms with E-state index in [4.69, 9.17) is 4.74 Å². The standard InChI is InChI=1S/C21H22N2O4/c1-3-16-13-19(21(24)27-2)22(14-15-7-5-4-6-8-15)20(16)17-9-11-18(12-10-17)23(25)26/h3-12,16,19-20H,1,13-14H2,2H3/t16-,19-,20-/m1/s1. The molecular formula is C21H22N2O4. The number of esters is 1. The number of benzene rings is 2. The average Bonchev–Trinajstić information content (AvgIpc) is 3.06. The van der Waals surface area contributed by atoms with Crippen LogP contribution in [-0.4, -0.2) is 28.9 Å². The van der Waals surface area contributed by atoms with Crippen molar-refractivity contribution >= 4 is 11.7 Å². The molecule has 0 radical (unpaired) electrons. The van der Waals surface area contributed by atoms with E-state index in [0.717, 1.165) is 11.1 Å². The van der Waals surface area contributed by atoms with Gasteiger partial charge in [-0.25, -0.2) is 0 Å². The molecule has 0 aromatic heterocycles. The molecule has 1 saturated heterocycles. The largest absolute Gasteiger partial charge is 0.468 e. The van der Waals surface area contributed by atoms with Gasteiger partial charge in [0.15, 0.2) is 0 Å². The van der Waals surface area contributed by atoms with Crippen molar-refractivity contribution in [2.45, 2.75) is 25.0 Å². The number of rotatable bonds is 6. The van der Waals surface area contributed by atoms with Gasteiger partial charge in [0.2, 0.25) is 0 Å². The molecule has 3 atom stereocenters. The molecule has 1 fully saturated rings. The van der Waals surface area contributed by atoms with Crippen molar-refractivity contribution < 1.29 is 14.5 Å². The van der Waals surface area contributed by atoms with Crippen molar-refractivity contribution in [3.05, 3.63) is 88.5 Å². The van der Waals surface area contributed by atoms with Crippen LogP contribution in [0.5, 0.6) is 0 Å². The number of hydrogen-bond donors (Lipinski definition) is 0. The van der Waals surface area contributed by atoms with Gasteiger partial charge in [-0.2, -0.15) is 0 Å². The minimum absolute atomic E-state index is 0.0410. The molecule has 2 aromatic carbocycles. The SMILES string of the molecule is C=C[C@@H]1C[C@H](C(=O)OC)N(Cc2ccccc2)[C@H]1c1ccc([N+](=O)[O-])cc1. The van der Waals surface area contributed by atoms with Gasteiger partial charge in [-0.05, 0) is 23.5 Å². The average molecular weight is 366 g/mol. The van der Waals surface area contributed by atoms with E-state index < -0.39 is 11.0 Å². The highest BCUT2D eigenvalue weighted by Crippen LogP contribution is 2.43. The number of hydrogen-bond acceptors (Lipinski definition) is 5. The molecule has 6 nitrogen and oxygen atoms in total. The second-order valence-electron chi connectivity index (χ2n) is 6.63. The maximum atomic E-state index is 12.4. The lowest BCUT2D eigenvalue weighted by molar-refractivity contribution is -0.384. The van der Waals surface area contributed by atoms with Gasteiger partial charge in [0.05, 0.1) is 12.0 Å². The van der Waals surface area contributed by atoms with Crippen LogP contribution in [-0.2, 0) is 16.1 Å². The van der Waals surface area contributed by atoms with E-state index in [1.807, 2.05) is 36.4 Å². The van der Waals surface area contributed by atoms with Crippen molar-refractivity contribution in [3.63, 3.8) is 0 Å². The number of methoxy groups -OCH3 is 1. The summed E-state index contributed by atoms with van der Waals surface area (Å²) in [7, 11) is 1.39. The third-order valence-corrected chi connectivity index (χ3v) is 5.09. The summed E-state index contributed by atoms with van der Waals surface area (Å²) in [5, 5.41) is 11.0. The van der Waals surface area contributed by atoms with Crippen LogP contribution in [0.25, 0.3) is 0 Å². The Bertz CT molecular complexity index is 820. The summed E-state index contributed by atoms with van der Waals surface area (Å²) in [6.07, 6.45) is 2.46. The predicted octanol–water partition coefficient (Wildman–Crippen LogP) is 3.89. The molecule has 0 spiro atoms. The summed E-state index contributed by atoms with van der Waals surface area (Å²) in [4.78, 5) is 25.1. The topological polar surface area (TPSA) is 72.7 Å². The zero-order valence-electron chi connectivity index (χ0n) is 15.2. The summed E-state index contributed by atoms with van der Waals surface area (Å²) in [6, 6.07) is 15.9. The summed E-state index contributed by atoms with van der Waals surface area (Å²) >= 11 is 0. The number of nitrogens with zero attached hydrogens (tertiary/aromatic N) is 2. The molecule has 0 aliphatic carbocycles. The van der Waals surface area contributed by atoms with Crippen molar-refractivity contribution in [2.24, 2.45) is 5.92 Å². The lowest BCUT2D eigenvalue weighted by Gasteiger charge is -2.30. The first kappa shape index (κ1) is 18.8. The second-order valence-corrected chi connectivity index (χ2v) is 6.63. The predicted molar refractivity (Wildman–Crippen MR) is 102 cm³/mol. The van der Waals surface area contributed by atoms with E-state index in [-0.39, 0.29) is 23.6 Å². The van der Waals surface area contributed by atoms with Crippen molar-refractivity contribution in [3.8, 4) is 0 Å². The molecule has 27 heavy (non-hydrogen) atoms. The number of carbonyl (C=O) groups is 1. The molecule has 0 unspecified atom stereocenters. The number of nitro benzene ring substituents is 1. The molecule has 0 saturated carbocycles. The van der Waals surface area contributed by atoms with Crippen LogP contribution >= 0.6 is 0 Å². The minimum Gasteiger partial charge on any atom is -0.468 e. The molecule has 2 aromatic rings. The molecule has 6 heteroatoms. The Morgan fingerprint density at radius 3 is 2.48 bits per heavy atom. The monoisotopic (exact) mass is 366 g/mol. The van der Waals surface area contributed by atoms with E-state index in [0.29, 0.717) is 13.0 Å². The lowest BCUT2D eigenvalue weighted by atomic mass is 9.93. The van der Waals surface area contributed by atoms with Gasteiger partial charge >= 0.3 is 5.97 Å². The Morgan fingerprint density at radius 2 is 1.93 bits per heavy atom. The Labute approximate surface area is 158 Å².